The van der Waals surface area contributed by atoms with Crippen LogP contribution in [0.5, 0.6) is 5.75 Å². The number of ether oxygens (including phenoxy) is 1. The first-order valence-corrected chi connectivity index (χ1v) is 5.64. The van der Waals surface area contributed by atoms with E-state index in [9.17, 15) is 13.2 Å². The molecule has 1 aliphatic heterocycles. The van der Waals surface area contributed by atoms with Crippen LogP contribution in [0.2, 0.25) is 0 Å². The van der Waals surface area contributed by atoms with Gasteiger partial charge < -0.3 is 4.74 Å². The fraction of sp³-hybridized carbons (Fsp3) is 0.538. The molecule has 0 aliphatic carbocycles. The van der Waals surface area contributed by atoms with Gasteiger partial charge in [0.05, 0.1) is 5.92 Å². The Kier molecular flexibility index (Phi) is 2.84. The normalized spacial score (nSPS) is 22.2. The minimum absolute atomic E-state index is 0.264. The van der Waals surface area contributed by atoms with E-state index in [4.69, 9.17) is 4.74 Å². The van der Waals surface area contributed by atoms with E-state index >= 15 is 0 Å². The van der Waals surface area contributed by atoms with Crippen molar-refractivity contribution < 1.29 is 17.9 Å². The van der Waals surface area contributed by atoms with Crippen molar-refractivity contribution in [3.8, 4) is 5.75 Å². The van der Waals surface area contributed by atoms with Gasteiger partial charge in [-0.1, -0.05) is 13.8 Å². The molecule has 2 rings (SSSR count). The van der Waals surface area contributed by atoms with Crippen molar-refractivity contribution in [1.82, 2.24) is 0 Å². The molecule has 0 spiro atoms. The third-order valence-corrected chi connectivity index (χ3v) is 3.26. The lowest BCUT2D eigenvalue weighted by molar-refractivity contribution is -0.0885. The predicted molar refractivity (Wildman–Crippen MR) is 59.2 cm³/mol. The maximum absolute atomic E-state index is 13.9. The van der Waals surface area contributed by atoms with E-state index in [1.54, 1.807) is 13.8 Å². The van der Waals surface area contributed by atoms with Crippen LogP contribution in [0.3, 0.4) is 0 Å². The first kappa shape index (κ1) is 12.3. The van der Waals surface area contributed by atoms with Gasteiger partial charge in [0, 0.05) is 5.56 Å². The van der Waals surface area contributed by atoms with Crippen LogP contribution >= 0.6 is 0 Å². The van der Waals surface area contributed by atoms with E-state index in [1.165, 1.54) is 19.1 Å². The summed E-state index contributed by atoms with van der Waals surface area (Å²) in [5.74, 6) is -4.28. The molecule has 1 aromatic rings. The molecule has 0 bridgehead atoms. The maximum atomic E-state index is 13.9. The molecule has 1 aliphatic rings. The summed E-state index contributed by atoms with van der Waals surface area (Å²) in [7, 11) is 0. The molecule has 17 heavy (non-hydrogen) atoms. The third-order valence-electron chi connectivity index (χ3n) is 3.26. The Morgan fingerprint density at radius 3 is 2.59 bits per heavy atom. The smallest absolute Gasteiger partial charge is 0.288 e. The van der Waals surface area contributed by atoms with E-state index < -0.39 is 24.3 Å². The highest BCUT2D eigenvalue weighted by molar-refractivity contribution is 5.46. The zero-order chi connectivity index (χ0) is 12.8. The van der Waals surface area contributed by atoms with Crippen LogP contribution in [0.4, 0.5) is 13.2 Å². The second kappa shape index (κ2) is 3.93. The van der Waals surface area contributed by atoms with Crippen molar-refractivity contribution in [3.05, 3.63) is 29.1 Å². The number of halogens is 3. The fourth-order valence-corrected chi connectivity index (χ4v) is 2.49. The zero-order valence-corrected chi connectivity index (χ0v) is 10.1. The van der Waals surface area contributed by atoms with Crippen molar-refractivity contribution in [1.29, 1.82) is 0 Å². The number of rotatable bonds is 1. The Bertz CT molecular complexity index is 441. The molecule has 1 nitrogen and oxygen atoms in total. The molecule has 0 aromatic heterocycles. The van der Waals surface area contributed by atoms with Crippen molar-refractivity contribution >= 4 is 0 Å². The molecule has 94 valence electrons. The van der Waals surface area contributed by atoms with Gasteiger partial charge in [0.2, 0.25) is 0 Å². The Morgan fingerprint density at radius 2 is 2.00 bits per heavy atom. The van der Waals surface area contributed by atoms with E-state index in [0.717, 1.165) is 0 Å². The van der Waals surface area contributed by atoms with Crippen molar-refractivity contribution in [2.24, 2.45) is 5.92 Å². The predicted octanol–water partition coefficient (Wildman–Crippen LogP) is 3.90. The number of benzene rings is 1. The lowest BCUT2D eigenvalue weighted by Gasteiger charge is -2.36. The summed E-state index contributed by atoms with van der Waals surface area (Å²) in [5, 5.41) is 0. The molecule has 0 radical (unpaired) electrons. The summed E-state index contributed by atoms with van der Waals surface area (Å²) in [6.07, 6.45) is 0. The molecular weight excluding hydrogens is 229 g/mol. The highest BCUT2D eigenvalue weighted by Crippen LogP contribution is 2.48. The lowest BCUT2D eigenvalue weighted by atomic mass is 9.79. The van der Waals surface area contributed by atoms with E-state index in [1.807, 2.05) is 0 Å². The van der Waals surface area contributed by atoms with Gasteiger partial charge in [0.15, 0.2) is 6.61 Å². The van der Waals surface area contributed by atoms with Crippen LogP contribution in [0.1, 0.15) is 30.9 Å². The van der Waals surface area contributed by atoms with Gasteiger partial charge in [-0.05, 0) is 30.5 Å². The maximum Gasteiger partial charge on any atom is 0.288 e. The highest BCUT2D eigenvalue weighted by atomic mass is 19.3. The van der Waals surface area contributed by atoms with E-state index in [2.05, 4.69) is 0 Å². The number of hydrogen-bond acceptors (Lipinski definition) is 1. The summed E-state index contributed by atoms with van der Waals surface area (Å²) in [6, 6.07) is 2.69. The Labute approximate surface area is 98.6 Å². The molecule has 1 unspecified atom stereocenters. The highest BCUT2D eigenvalue weighted by Gasteiger charge is 2.48. The number of hydrogen-bond donors (Lipinski definition) is 0. The van der Waals surface area contributed by atoms with Gasteiger partial charge in [-0.3, -0.25) is 0 Å². The van der Waals surface area contributed by atoms with Gasteiger partial charge in [-0.2, -0.15) is 0 Å². The molecule has 1 atom stereocenters. The average Bonchev–Trinajstić information content (AvgIpc) is 2.22. The van der Waals surface area contributed by atoms with Crippen molar-refractivity contribution in [3.63, 3.8) is 0 Å². The van der Waals surface area contributed by atoms with Crippen LogP contribution in [-0.2, 0) is 0 Å². The van der Waals surface area contributed by atoms with E-state index in [0.29, 0.717) is 11.3 Å². The Morgan fingerprint density at radius 1 is 1.35 bits per heavy atom. The minimum atomic E-state index is -2.94. The second-order valence-electron chi connectivity index (χ2n) is 4.86. The molecule has 1 aromatic carbocycles. The monoisotopic (exact) mass is 244 g/mol. The van der Waals surface area contributed by atoms with Crippen LogP contribution in [0.25, 0.3) is 0 Å². The van der Waals surface area contributed by atoms with Crippen LogP contribution in [0, 0.1) is 18.7 Å². The SMILES string of the molecule is Cc1c(F)ccc2c1C(C(C)C)C(F)(F)CO2. The molecule has 0 N–H and O–H groups in total. The number of fused-ring (bicyclic) bond motifs is 1. The molecule has 0 saturated carbocycles. The zero-order valence-electron chi connectivity index (χ0n) is 10.1. The average molecular weight is 244 g/mol. The van der Waals surface area contributed by atoms with Gasteiger partial charge in [0.1, 0.15) is 11.6 Å². The molecule has 1 heterocycles. The molecular formula is C13H15F3O. The standard InChI is InChI=1S/C13H15F3O/c1-7(2)12-11-8(3)9(14)4-5-10(11)17-6-13(12,15)16/h4-5,7,12H,6H2,1-3H3. The van der Waals surface area contributed by atoms with Crippen LogP contribution in [-0.4, -0.2) is 12.5 Å². The summed E-state index contributed by atoms with van der Waals surface area (Å²) in [6.45, 7) is 4.33. The largest absolute Gasteiger partial charge is 0.487 e. The Balaban J connectivity index is 2.63. The number of alkyl halides is 2. The van der Waals surface area contributed by atoms with Crippen molar-refractivity contribution in [2.45, 2.75) is 32.6 Å². The molecule has 0 fully saturated rings. The second-order valence-corrected chi connectivity index (χ2v) is 4.86. The first-order chi connectivity index (χ1) is 7.84. The van der Waals surface area contributed by atoms with Crippen LogP contribution in [0.15, 0.2) is 12.1 Å². The molecule has 0 amide bonds. The molecule has 4 heteroatoms. The lowest BCUT2D eigenvalue weighted by Crippen LogP contribution is -2.40. The minimum Gasteiger partial charge on any atom is -0.487 e. The Hall–Kier alpha value is -1.19. The first-order valence-electron chi connectivity index (χ1n) is 5.64. The molecule has 0 saturated heterocycles. The van der Waals surface area contributed by atoms with Gasteiger partial charge in [-0.25, -0.2) is 13.2 Å². The van der Waals surface area contributed by atoms with Gasteiger partial charge >= 0.3 is 0 Å². The van der Waals surface area contributed by atoms with Gasteiger partial charge in [0.25, 0.3) is 5.92 Å². The fourth-order valence-electron chi connectivity index (χ4n) is 2.49. The summed E-state index contributed by atoms with van der Waals surface area (Å²) >= 11 is 0. The van der Waals surface area contributed by atoms with Crippen LogP contribution < -0.4 is 4.74 Å². The summed E-state index contributed by atoms with van der Waals surface area (Å²) in [5.41, 5.74) is 0.580. The summed E-state index contributed by atoms with van der Waals surface area (Å²) in [4.78, 5) is 0. The third kappa shape index (κ3) is 1.90. The van der Waals surface area contributed by atoms with Gasteiger partial charge in [-0.15, -0.1) is 0 Å². The van der Waals surface area contributed by atoms with Crippen molar-refractivity contribution in [2.75, 3.05) is 6.61 Å². The quantitative estimate of drug-likeness (QED) is 0.728. The topological polar surface area (TPSA) is 9.23 Å². The summed E-state index contributed by atoms with van der Waals surface area (Å²) < 4.78 is 46.3. The van der Waals surface area contributed by atoms with E-state index in [-0.39, 0.29) is 11.5 Å².